The number of rotatable bonds is 7. The summed E-state index contributed by atoms with van der Waals surface area (Å²) < 4.78 is 16.4. The van der Waals surface area contributed by atoms with Gasteiger partial charge in [-0.2, -0.15) is 5.10 Å². The maximum atomic E-state index is 11.8. The summed E-state index contributed by atoms with van der Waals surface area (Å²) in [4.78, 5) is 13.9. The van der Waals surface area contributed by atoms with Gasteiger partial charge in [0.1, 0.15) is 5.76 Å². The maximum absolute atomic E-state index is 11.8. The first kappa shape index (κ1) is 16.5. The van der Waals surface area contributed by atoms with E-state index in [2.05, 4.69) is 29.3 Å². The third-order valence-electron chi connectivity index (χ3n) is 3.45. The molecule has 2 rings (SSSR count). The van der Waals surface area contributed by atoms with E-state index in [9.17, 15) is 4.79 Å². The highest BCUT2D eigenvalue weighted by atomic mass is 16.7. The number of anilines is 1. The summed E-state index contributed by atoms with van der Waals surface area (Å²) in [6.07, 6.45) is 1.58. The van der Waals surface area contributed by atoms with E-state index in [0.29, 0.717) is 19.0 Å². The number of hydrazone groups is 1. The Morgan fingerprint density at radius 2 is 2.05 bits per heavy atom. The molecule has 1 aromatic heterocycles. The van der Waals surface area contributed by atoms with Crippen LogP contribution in [0.1, 0.15) is 33.0 Å². The van der Waals surface area contributed by atoms with E-state index in [4.69, 9.17) is 13.9 Å². The van der Waals surface area contributed by atoms with Crippen LogP contribution in [0, 0.1) is 0 Å². The lowest BCUT2D eigenvalue weighted by Crippen LogP contribution is -2.33. The molecule has 1 saturated heterocycles. The van der Waals surface area contributed by atoms with Gasteiger partial charge >= 0.3 is 0 Å². The van der Waals surface area contributed by atoms with Crippen molar-refractivity contribution in [1.82, 2.24) is 5.43 Å². The van der Waals surface area contributed by atoms with Crippen molar-refractivity contribution in [3.63, 3.8) is 0 Å². The van der Waals surface area contributed by atoms with Gasteiger partial charge in [-0.05, 0) is 26.8 Å². The number of nitrogens with one attached hydrogen (secondary N) is 1. The summed E-state index contributed by atoms with van der Waals surface area (Å²) in [6, 6.07) is 3.70. The van der Waals surface area contributed by atoms with Crippen molar-refractivity contribution in [3.05, 3.63) is 17.9 Å². The second-order valence-corrected chi connectivity index (χ2v) is 5.15. The minimum absolute atomic E-state index is 0.104. The van der Waals surface area contributed by atoms with E-state index >= 15 is 0 Å². The Hall–Kier alpha value is -1.86. The van der Waals surface area contributed by atoms with Crippen molar-refractivity contribution in [2.24, 2.45) is 5.10 Å². The molecule has 1 aliphatic heterocycles. The van der Waals surface area contributed by atoms with Crippen LogP contribution in [0.4, 0.5) is 5.88 Å². The number of amides is 1. The van der Waals surface area contributed by atoms with Gasteiger partial charge in [-0.25, -0.2) is 5.43 Å². The summed E-state index contributed by atoms with van der Waals surface area (Å²) in [5, 5.41) is 3.89. The lowest BCUT2D eigenvalue weighted by atomic mass is 10.2. The van der Waals surface area contributed by atoms with E-state index < -0.39 is 5.79 Å². The molecule has 2 heterocycles. The topological polar surface area (TPSA) is 76.3 Å². The average Bonchev–Trinajstić information content (AvgIpc) is 3.10. The minimum atomic E-state index is -0.847. The minimum Gasteiger partial charge on any atom is -0.440 e. The van der Waals surface area contributed by atoms with Crippen molar-refractivity contribution >= 4 is 18.0 Å². The monoisotopic (exact) mass is 309 g/mol. The van der Waals surface area contributed by atoms with Gasteiger partial charge in [-0.1, -0.05) is 0 Å². The third kappa shape index (κ3) is 4.32. The number of nitrogens with zero attached hydrogens (tertiary/aromatic N) is 2. The molecule has 0 spiro atoms. The zero-order valence-electron chi connectivity index (χ0n) is 13.3. The molecule has 0 atom stereocenters. The Bertz CT molecular complexity index is 517. The van der Waals surface area contributed by atoms with Crippen LogP contribution in [0.5, 0.6) is 0 Å². The molecule has 7 heteroatoms. The molecule has 0 aromatic carbocycles. The van der Waals surface area contributed by atoms with Crippen molar-refractivity contribution < 1.29 is 18.7 Å². The summed E-state index contributed by atoms with van der Waals surface area (Å²) in [6.45, 7) is 8.63. The smallest absolute Gasteiger partial charge is 0.245 e. The van der Waals surface area contributed by atoms with Crippen molar-refractivity contribution in [2.75, 3.05) is 31.2 Å². The number of furan rings is 1. The van der Waals surface area contributed by atoms with E-state index in [-0.39, 0.29) is 12.3 Å². The quantitative estimate of drug-likeness (QED) is 0.613. The summed E-state index contributed by atoms with van der Waals surface area (Å²) in [7, 11) is 0. The molecule has 0 unspecified atom stereocenters. The lowest BCUT2D eigenvalue weighted by molar-refractivity contribution is -0.159. The Morgan fingerprint density at radius 3 is 2.68 bits per heavy atom. The highest BCUT2D eigenvalue weighted by molar-refractivity contribution is 5.81. The van der Waals surface area contributed by atoms with Crippen molar-refractivity contribution in [2.45, 2.75) is 33.0 Å². The van der Waals surface area contributed by atoms with E-state index in [1.165, 1.54) is 6.21 Å². The largest absolute Gasteiger partial charge is 0.440 e. The lowest BCUT2D eigenvalue weighted by Gasteiger charge is -2.20. The Morgan fingerprint density at radius 1 is 1.36 bits per heavy atom. The number of carbonyl (C=O) groups is 1. The van der Waals surface area contributed by atoms with E-state index in [0.717, 1.165) is 19.0 Å². The fraction of sp³-hybridized carbons (Fsp3) is 0.600. The Balaban J connectivity index is 1.83. The molecular formula is C15H23N3O4. The molecule has 7 nitrogen and oxygen atoms in total. The first-order valence-corrected chi connectivity index (χ1v) is 7.51. The van der Waals surface area contributed by atoms with Gasteiger partial charge in [0, 0.05) is 19.2 Å². The van der Waals surface area contributed by atoms with Crippen LogP contribution in [-0.2, 0) is 14.3 Å². The second-order valence-electron chi connectivity index (χ2n) is 5.15. The van der Waals surface area contributed by atoms with Crippen molar-refractivity contribution in [3.8, 4) is 0 Å². The van der Waals surface area contributed by atoms with Gasteiger partial charge in [0.2, 0.25) is 5.91 Å². The molecular weight excluding hydrogens is 286 g/mol. The Kier molecular flexibility index (Phi) is 5.57. The molecule has 1 aliphatic rings. The molecule has 122 valence electrons. The van der Waals surface area contributed by atoms with Gasteiger partial charge in [-0.3, -0.25) is 4.79 Å². The van der Waals surface area contributed by atoms with Crippen LogP contribution in [0.25, 0.3) is 0 Å². The van der Waals surface area contributed by atoms with Gasteiger partial charge in [-0.15, -0.1) is 0 Å². The van der Waals surface area contributed by atoms with E-state index in [1.807, 2.05) is 12.1 Å². The molecule has 22 heavy (non-hydrogen) atoms. The third-order valence-corrected chi connectivity index (χ3v) is 3.45. The summed E-state index contributed by atoms with van der Waals surface area (Å²) in [5.41, 5.74) is 2.45. The number of carbonyl (C=O) groups excluding carboxylic acids is 1. The summed E-state index contributed by atoms with van der Waals surface area (Å²) >= 11 is 0. The first-order valence-electron chi connectivity index (χ1n) is 7.51. The van der Waals surface area contributed by atoms with Gasteiger partial charge < -0.3 is 18.8 Å². The molecule has 1 fully saturated rings. The normalized spacial score (nSPS) is 17.0. The predicted octanol–water partition coefficient (Wildman–Crippen LogP) is 1.73. The van der Waals surface area contributed by atoms with Gasteiger partial charge in [0.05, 0.1) is 25.8 Å². The zero-order chi connectivity index (χ0) is 16.0. The fourth-order valence-corrected chi connectivity index (χ4v) is 2.27. The highest BCUT2D eigenvalue weighted by Crippen LogP contribution is 2.22. The second kappa shape index (κ2) is 7.42. The molecule has 0 aliphatic carbocycles. The highest BCUT2D eigenvalue weighted by Gasteiger charge is 2.33. The maximum Gasteiger partial charge on any atom is 0.245 e. The number of ether oxygens (including phenoxy) is 2. The first-order chi connectivity index (χ1) is 10.6. The van der Waals surface area contributed by atoms with Crippen LogP contribution in [0.2, 0.25) is 0 Å². The number of hydrogen-bond donors (Lipinski definition) is 1. The van der Waals surface area contributed by atoms with Crippen LogP contribution < -0.4 is 10.3 Å². The van der Waals surface area contributed by atoms with Crippen LogP contribution >= 0.6 is 0 Å². The molecule has 0 radical (unpaired) electrons. The van der Waals surface area contributed by atoms with Crippen molar-refractivity contribution in [1.29, 1.82) is 0 Å². The molecule has 0 saturated carbocycles. The SMILES string of the molecule is CCN(CC)c1ccc(/C=N\NC(=O)CC2(C)OCCO2)o1. The molecule has 1 aromatic rings. The standard InChI is InChI=1S/C15H23N3O4/c1-4-18(5-2)14-7-6-12(22-14)11-16-17-13(19)10-15(3)20-8-9-21-15/h6-7,11H,4-5,8-10H2,1-3H3,(H,17,19)/b16-11-. The van der Waals surface area contributed by atoms with Crippen LogP contribution in [-0.4, -0.2) is 44.2 Å². The molecule has 1 amide bonds. The van der Waals surface area contributed by atoms with Gasteiger partial charge in [0.15, 0.2) is 11.7 Å². The summed E-state index contributed by atoms with van der Waals surface area (Å²) in [5.74, 6) is 0.260. The molecule has 0 bridgehead atoms. The average molecular weight is 309 g/mol. The molecule has 1 N–H and O–H groups in total. The van der Waals surface area contributed by atoms with Crippen LogP contribution in [0.15, 0.2) is 21.7 Å². The van der Waals surface area contributed by atoms with Crippen LogP contribution in [0.3, 0.4) is 0 Å². The number of hydrogen-bond acceptors (Lipinski definition) is 6. The van der Waals surface area contributed by atoms with E-state index in [1.54, 1.807) is 6.92 Å². The predicted molar refractivity (Wildman–Crippen MR) is 82.9 cm³/mol. The Labute approximate surface area is 130 Å². The van der Waals surface area contributed by atoms with Gasteiger partial charge in [0.25, 0.3) is 0 Å². The zero-order valence-corrected chi connectivity index (χ0v) is 13.3. The fourth-order valence-electron chi connectivity index (χ4n) is 2.27.